The minimum Gasteiger partial charge on any atom is -0.489 e. The maximum Gasteiger partial charge on any atom is 0.128 e. The topological polar surface area (TPSA) is 76.9 Å². The fourth-order valence-corrected chi connectivity index (χ4v) is 1.68. The first-order valence-electron chi connectivity index (χ1n) is 5.52. The Balaban J connectivity index is 2.09. The predicted molar refractivity (Wildman–Crippen MR) is 67.8 cm³/mol. The Labute approximate surface area is 105 Å². The molecule has 0 spiro atoms. The lowest BCUT2D eigenvalue weighted by atomic mass is 10.2. The molecule has 1 aromatic carbocycles. The Morgan fingerprint density at radius 1 is 1.39 bits per heavy atom. The van der Waals surface area contributed by atoms with Gasteiger partial charge in [-0.3, -0.25) is 4.68 Å². The van der Waals surface area contributed by atoms with Gasteiger partial charge in [0.15, 0.2) is 0 Å². The second-order valence-corrected chi connectivity index (χ2v) is 4.00. The molecule has 5 heteroatoms. The minimum atomic E-state index is 0.372. The van der Waals surface area contributed by atoms with Crippen molar-refractivity contribution in [3.05, 3.63) is 41.1 Å². The first-order valence-corrected chi connectivity index (χ1v) is 5.52. The van der Waals surface area contributed by atoms with Gasteiger partial charge < -0.3 is 10.5 Å². The van der Waals surface area contributed by atoms with E-state index in [1.807, 2.05) is 6.92 Å². The van der Waals surface area contributed by atoms with Gasteiger partial charge in [0.1, 0.15) is 18.2 Å². The number of nitrogens with two attached hydrogens (primary N) is 1. The number of aromatic nitrogens is 2. The number of rotatable bonds is 3. The van der Waals surface area contributed by atoms with E-state index in [4.69, 9.17) is 15.7 Å². The smallest absolute Gasteiger partial charge is 0.128 e. The summed E-state index contributed by atoms with van der Waals surface area (Å²) in [4.78, 5) is 0. The third-order valence-corrected chi connectivity index (χ3v) is 2.76. The predicted octanol–water partition coefficient (Wildman–Crippen LogP) is 1.76. The second-order valence-electron chi connectivity index (χ2n) is 4.00. The molecule has 0 aliphatic rings. The highest BCUT2D eigenvalue weighted by molar-refractivity contribution is 5.43. The van der Waals surface area contributed by atoms with Crippen molar-refractivity contribution >= 4 is 5.82 Å². The minimum absolute atomic E-state index is 0.372. The van der Waals surface area contributed by atoms with E-state index in [1.54, 1.807) is 36.0 Å². The van der Waals surface area contributed by atoms with E-state index in [2.05, 4.69) is 11.2 Å². The number of hydrogen-bond acceptors (Lipinski definition) is 4. The molecule has 0 radical (unpaired) electrons. The molecule has 92 valence electrons. The molecule has 0 saturated heterocycles. The molecule has 0 aliphatic carbocycles. The van der Waals surface area contributed by atoms with Crippen LogP contribution in [0.5, 0.6) is 5.75 Å². The third-order valence-electron chi connectivity index (χ3n) is 2.76. The average Bonchev–Trinajstić information content (AvgIpc) is 2.62. The molecule has 0 aliphatic heterocycles. The first kappa shape index (κ1) is 12.0. The number of nitriles is 1. The zero-order chi connectivity index (χ0) is 13.1. The Hall–Kier alpha value is -2.48. The van der Waals surface area contributed by atoms with Crippen LogP contribution in [0.2, 0.25) is 0 Å². The number of anilines is 1. The van der Waals surface area contributed by atoms with E-state index in [9.17, 15) is 0 Å². The second kappa shape index (κ2) is 4.80. The van der Waals surface area contributed by atoms with Gasteiger partial charge in [0.2, 0.25) is 0 Å². The average molecular weight is 242 g/mol. The summed E-state index contributed by atoms with van der Waals surface area (Å²) in [5, 5.41) is 12.9. The van der Waals surface area contributed by atoms with Gasteiger partial charge in [-0.15, -0.1) is 0 Å². The third kappa shape index (κ3) is 2.28. The van der Waals surface area contributed by atoms with E-state index < -0.39 is 0 Å². The van der Waals surface area contributed by atoms with Gasteiger partial charge in [-0.25, -0.2) is 0 Å². The van der Waals surface area contributed by atoms with Crippen LogP contribution in [0.3, 0.4) is 0 Å². The van der Waals surface area contributed by atoms with Crippen molar-refractivity contribution in [2.24, 2.45) is 7.05 Å². The van der Waals surface area contributed by atoms with E-state index >= 15 is 0 Å². The van der Waals surface area contributed by atoms with Crippen LogP contribution in [-0.4, -0.2) is 9.78 Å². The summed E-state index contributed by atoms with van der Waals surface area (Å²) in [7, 11) is 1.80. The molecule has 0 atom stereocenters. The molecule has 5 nitrogen and oxygen atoms in total. The molecular formula is C13H14N4O. The lowest BCUT2D eigenvalue weighted by Crippen LogP contribution is -2.02. The van der Waals surface area contributed by atoms with Gasteiger partial charge in [-0.1, -0.05) is 0 Å². The van der Waals surface area contributed by atoms with Crippen LogP contribution < -0.4 is 10.5 Å². The molecule has 1 aromatic heterocycles. The van der Waals surface area contributed by atoms with Crippen molar-refractivity contribution in [2.45, 2.75) is 13.5 Å². The Morgan fingerprint density at radius 2 is 2.06 bits per heavy atom. The van der Waals surface area contributed by atoms with Crippen molar-refractivity contribution in [1.29, 1.82) is 5.26 Å². The van der Waals surface area contributed by atoms with Gasteiger partial charge in [0.25, 0.3) is 0 Å². The number of aryl methyl sites for hydroxylation is 2. The summed E-state index contributed by atoms with van der Waals surface area (Å²) in [6.45, 7) is 2.27. The van der Waals surface area contributed by atoms with Crippen LogP contribution in [0.25, 0.3) is 0 Å². The van der Waals surface area contributed by atoms with E-state index in [-0.39, 0.29) is 0 Å². The van der Waals surface area contributed by atoms with E-state index in [0.717, 1.165) is 11.3 Å². The highest BCUT2D eigenvalue weighted by Crippen LogP contribution is 2.19. The molecule has 2 N–H and O–H groups in total. The SMILES string of the molecule is Cc1nn(C)c(N)c1COc1ccc(C#N)cc1. The van der Waals surface area contributed by atoms with Gasteiger partial charge in [-0.2, -0.15) is 10.4 Å². The van der Waals surface area contributed by atoms with Gasteiger partial charge in [-0.05, 0) is 31.2 Å². The summed E-state index contributed by atoms with van der Waals surface area (Å²) in [5.41, 5.74) is 8.26. The molecule has 0 amide bonds. The molecule has 18 heavy (non-hydrogen) atoms. The van der Waals surface area contributed by atoms with Gasteiger partial charge >= 0.3 is 0 Å². The van der Waals surface area contributed by atoms with Crippen molar-refractivity contribution in [1.82, 2.24) is 9.78 Å². The molecule has 2 rings (SSSR count). The van der Waals surface area contributed by atoms with Gasteiger partial charge in [0.05, 0.1) is 22.9 Å². The highest BCUT2D eigenvalue weighted by Gasteiger charge is 2.10. The van der Waals surface area contributed by atoms with Gasteiger partial charge in [0, 0.05) is 7.05 Å². The Bertz CT molecular complexity index is 593. The molecule has 0 unspecified atom stereocenters. The quantitative estimate of drug-likeness (QED) is 0.889. The normalized spacial score (nSPS) is 10.1. The van der Waals surface area contributed by atoms with E-state index in [0.29, 0.717) is 23.7 Å². The highest BCUT2D eigenvalue weighted by atomic mass is 16.5. The fraction of sp³-hybridized carbons (Fsp3) is 0.231. The summed E-state index contributed by atoms with van der Waals surface area (Å²) >= 11 is 0. The van der Waals surface area contributed by atoms with Crippen LogP contribution in [0, 0.1) is 18.3 Å². The van der Waals surface area contributed by atoms with Crippen LogP contribution in [0.15, 0.2) is 24.3 Å². The van der Waals surface area contributed by atoms with Crippen LogP contribution in [0.4, 0.5) is 5.82 Å². The van der Waals surface area contributed by atoms with Crippen molar-refractivity contribution in [2.75, 3.05) is 5.73 Å². The number of hydrogen-bond donors (Lipinski definition) is 1. The lowest BCUT2D eigenvalue weighted by Gasteiger charge is -2.06. The number of benzene rings is 1. The number of ether oxygens (including phenoxy) is 1. The maximum absolute atomic E-state index is 8.69. The molecule has 2 aromatic rings. The molecule has 1 heterocycles. The lowest BCUT2D eigenvalue weighted by molar-refractivity contribution is 0.306. The first-order chi connectivity index (χ1) is 8.61. The summed E-state index contributed by atoms with van der Waals surface area (Å²) < 4.78 is 7.26. The standard InChI is InChI=1S/C13H14N4O/c1-9-12(13(15)17(2)16-9)8-18-11-5-3-10(7-14)4-6-11/h3-6H,8,15H2,1-2H3. The number of nitrogens with zero attached hydrogens (tertiary/aromatic N) is 3. The van der Waals surface area contributed by atoms with Crippen molar-refractivity contribution < 1.29 is 4.74 Å². The summed E-state index contributed by atoms with van der Waals surface area (Å²) in [6, 6.07) is 9.02. The van der Waals surface area contributed by atoms with Crippen LogP contribution in [0.1, 0.15) is 16.8 Å². The molecule has 0 bridgehead atoms. The summed E-state index contributed by atoms with van der Waals surface area (Å²) in [6.07, 6.45) is 0. The zero-order valence-corrected chi connectivity index (χ0v) is 10.3. The molecule has 0 fully saturated rings. The van der Waals surface area contributed by atoms with Crippen molar-refractivity contribution in [3.63, 3.8) is 0 Å². The monoisotopic (exact) mass is 242 g/mol. The zero-order valence-electron chi connectivity index (χ0n) is 10.3. The summed E-state index contributed by atoms with van der Waals surface area (Å²) in [5.74, 6) is 1.32. The maximum atomic E-state index is 8.69. The van der Waals surface area contributed by atoms with Crippen LogP contribution in [-0.2, 0) is 13.7 Å². The van der Waals surface area contributed by atoms with E-state index in [1.165, 1.54) is 0 Å². The van der Waals surface area contributed by atoms with Crippen LogP contribution >= 0.6 is 0 Å². The van der Waals surface area contributed by atoms with Crippen molar-refractivity contribution in [3.8, 4) is 11.8 Å². The Morgan fingerprint density at radius 3 is 2.56 bits per heavy atom. The Kier molecular flexibility index (Phi) is 3.20. The molecular weight excluding hydrogens is 228 g/mol. The fourth-order valence-electron chi connectivity index (χ4n) is 1.68. The largest absolute Gasteiger partial charge is 0.489 e. The molecule has 0 saturated carbocycles. The number of nitrogen functional groups attached to an aromatic ring is 1.